The van der Waals surface area contributed by atoms with Crippen LogP contribution in [0.3, 0.4) is 0 Å². The fraction of sp³-hybridized carbons (Fsp3) is 0.533. The fourth-order valence-corrected chi connectivity index (χ4v) is 3.46. The van der Waals surface area contributed by atoms with Gasteiger partial charge in [0.25, 0.3) is 0 Å². The van der Waals surface area contributed by atoms with Crippen molar-refractivity contribution in [3.05, 3.63) is 34.9 Å². The van der Waals surface area contributed by atoms with Crippen LogP contribution in [0.1, 0.15) is 24.8 Å². The van der Waals surface area contributed by atoms with E-state index >= 15 is 0 Å². The van der Waals surface area contributed by atoms with Crippen LogP contribution in [0.25, 0.3) is 0 Å². The second-order valence-corrected chi connectivity index (χ2v) is 5.88. The molecule has 1 N–H and O–H groups in total. The normalized spacial score (nSPS) is 27.2. The Kier molecular flexibility index (Phi) is 3.76. The Balaban J connectivity index is 1.81. The SMILES string of the molecule is O=C1CCC2CNCCC2N1Cc1ccccc1Cl. The number of carbonyl (C=O) groups is 1. The summed E-state index contributed by atoms with van der Waals surface area (Å²) in [6, 6.07) is 8.21. The van der Waals surface area contributed by atoms with E-state index in [1.165, 1.54) is 0 Å². The van der Waals surface area contributed by atoms with Crippen molar-refractivity contribution in [1.29, 1.82) is 0 Å². The van der Waals surface area contributed by atoms with Crippen LogP contribution < -0.4 is 5.32 Å². The Morgan fingerprint density at radius 3 is 3.00 bits per heavy atom. The van der Waals surface area contributed by atoms with Gasteiger partial charge in [-0.25, -0.2) is 0 Å². The van der Waals surface area contributed by atoms with E-state index in [2.05, 4.69) is 10.2 Å². The molecule has 1 aromatic carbocycles. The molecule has 1 amide bonds. The first kappa shape index (κ1) is 12.9. The molecular formula is C15H19ClN2O. The second kappa shape index (κ2) is 5.51. The molecule has 2 aliphatic rings. The summed E-state index contributed by atoms with van der Waals surface area (Å²) in [6.45, 7) is 2.70. The predicted octanol–water partition coefficient (Wildman–Crippen LogP) is 2.44. The Morgan fingerprint density at radius 2 is 2.16 bits per heavy atom. The van der Waals surface area contributed by atoms with E-state index in [1.807, 2.05) is 24.3 Å². The number of amides is 1. The number of benzene rings is 1. The summed E-state index contributed by atoms with van der Waals surface area (Å²) in [6.07, 6.45) is 2.75. The van der Waals surface area contributed by atoms with Crippen molar-refractivity contribution in [2.75, 3.05) is 13.1 Å². The number of likely N-dealkylation sites (tertiary alicyclic amines) is 1. The summed E-state index contributed by atoms with van der Waals surface area (Å²) in [5, 5.41) is 4.19. The van der Waals surface area contributed by atoms with E-state index in [0.29, 0.717) is 24.9 Å². The second-order valence-electron chi connectivity index (χ2n) is 5.47. The number of fused-ring (bicyclic) bond motifs is 1. The number of halogens is 1. The van der Waals surface area contributed by atoms with Crippen LogP contribution in [-0.4, -0.2) is 29.9 Å². The van der Waals surface area contributed by atoms with Crippen LogP contribution in [-0.2, 0) is 11.3 Å². The van der Waals surface area contributed by atoms with Crippen molar-refractivity contribution in [1.82, 2.24) is 10.2 Å². The fourth-order valence-electron chi connectivity index (χ4n) is 3.27. The molecule has 0 radical (unpaired) electrons. The molecule has 0 aliphatic carbocycles. The zero-order valence-corrected chi connectivity index (χ0v) is 11.7. The minimum Gasteiger partial charge on any atom is -0.335 e. The molecule has 2 fully saturated rings. The third-order valence-corrected chi connectivity index (χ3v) is 4.68. The maximum Gasteiger partial charge on any atom is 0.223 e. The number of hydrogen-bond acceptors (Lipinski definition) is 2. The molecular weight excluding hydrogens is 260 g/mol. The minimum atomic E-state index is 0.281. The average Bonchev–Trinajstić information content (AvgIpc) is 2.44. The molecule has 0 saturated carbocycles. The van der Waals surface area contributed by atoms with Gasteiger partial charge in [0.1, 0.15) is 0 Å². The van der Waals surface area contributed by atoms with Crippen LogP contribution in [0.4, 0.5) is 0 Å². The minimum absolute atomic E-state index is 0.281. The van der Waals surface area contributed by atoms with Crippen molar-refractivity contribution in [2.24, 2.45) is 5.92 Å². The summed E-state index contributed by atoms with van der Waals surface area (Å²) >= 11 is 6.22. The van der Waals surface area contributed by atoms with Crippen molar-refractivity contribution in [3.63, 3.8) is 0 Å². The maximum atomic E-state index is 12.2. The lowest BCUT2D eigenvalue weighted by molar-refractivity contribution is -0.140. The van der Waals surface area contributed by atoms with Crippen molar-refractivity contribution in [2.45, 2.75) is 31.8 Å². The zero-order valence-electron chi connectivity index (χ0n) is 10.9. The Labute approximate surface area is 118 Å². The quantitative estimate of drug-likeness (QED) is 0.901. The molecule has 19 heavy (non-hydrogen) atoms. The van der Waals surface area contributed by atoms with Crippen molar-refractivity contribution < 1.29 is 4.79 Å². The van der Waals surface area contributed by atoms with Crippen molar-refractivity contribution in [3.8, 4) is 0 Å². The van der Waals surface area contributed by atoms with E-state index in [0.717, 1.165) is 36.5 Å². The number of nitrogens with one attached hydrogen (secondary N) is 1. The highest BCUT2D eigenvalue weighted by Gasteiger charge is 2.37. The van der Waals surface area contributed by atoms with Gasteiger partial charge >= 0.3 is 0 Å². The van der Waals surface area contributed by atoms with E-state index in [-0.39, 0.29) is 5.91 Å². The molecule has 2 aliphatic heterocycles. The van der Waals surface area contributed by atoms with Gasteiger partial charge in [-0.05, 0) is 43.5 Å². The van der Waals surface area contributed by atoms with Gasteiger partial charge in [-0.15, -0.1) is 0 Å². The molecule has 0 spiro atoms. The van der Waals surface area contributed by atoms with Crippen LogP contribution in [0.5, 0.6) is 0 Å². The van der Waals surface area contributed by atoms with Gasteiger partial charge in [-0.1, -0.05) is 29.8 Å². The first-order valence-electron chi connectivity index (χ1n) is 6.99. The molecule has 1 aromatic rings. The summed E-state index contributed by atoms with van der Waals surface area (Å²) in [5.41, 5.74) is 1.05. The van der Waals surface area contributed by atoms with Gasteiger partial charge in [0.05, 0.1) is 0 Å². The van der Waals surface area contributed by atoms with Gasteiger partial charge in [0.15, 0.2) is 0 Å². The standard InChI is InChI=1S/C15H19ClN2O/c16-13-4-2-1-3-12(13)10-18-14-7-8-17-9-11(14)5-6-15(18)19/h1-4,11,14,17H,5-10H2. The molecule has 0 aromatic heterocycles. The predicted molar refractivity (Wildman–Crippen MR) is 76.0 cm³/mol. The van der Waals surface area contributed by atoms with Crippen LogP contribution >= 0.6 is 11.6 Å². The molecule has 2 saturated heterocycles. The van der Waals surface area contributed by atoms with Gasteiger partial charge in [-0.2, -0.15) is 0 Å². The lowest BCUT2D eigenvalue weighted by Crippen LogP contribution is -2.54. The number of nitrogens with zero attached hydrogens (tertiary/aromatic N) is 1. The molecule has 3 nitrogen and oxygen atoms in total. The molecule has 2 heterocycles. The van der Waals surface area contributed by atoms with Crippen LogP contribution in [0.15, 0.2) is 24.3 Å². The molecule has 102 valence electrons. The smallest absolute Gasteiger partial charge is 0.223 e. The van der Waals surface area contributed by atoms with Crippen molar-refractivity contribution >= 4 is 17.5 Å². The summed E-state index contributed by atoms with van der Waals surface area (Å²) in [4.78, 5) is 14.3. The van der Waals surface area contributed by atoms with Gasteiger partial charge in [-0.3, -0.25) is 4.79 Å². The number of hydrogen-bond donors (Lipinski definition) is 1. The Bertz CT molecular complexity index is 477. The maximum absolute atomic E-state index is 12.2. The Hall–Kier alpha value is -1.06. The van der Waals surface area contributed by atoms with E-state index < -0.39 is 0 Å². The molecule has 4 heteroatoms. The first-order chi connectivity index (χ1) is 9.25. The third-order valence-electron chi connectivity index (χ3n) is 4.32. The summed E-state index contributed by atoms with van der Waals surface area (Å²) < 4.78 is 0. The monoisotopic (exact) mass is 278 g/mol. The number of rotatable bonds is 2. The molecule has 3 rings (SSSR count). The van der Waals surface area contributed by atoms with E-state index in [4.69, 9.17) is 11.6 Å². The number of carbonyl (C=O) groups excluding carboxylic acids is 1. The van der Waals surface area contributed by atoms with E-state index in [1.54, 1.807) is 0 Å². The lowest BCUT2D eigenvalue weighted by atomic mass is 9.84. The summed E-state index contributed by atoms with van der Waals surface area (Å²) in [5.74, 6) is 0.886. The largest absolute Gasteiger partial charge is 0.335 e. The van der Waals surface area contributed by atoms with Crippen LogP contribution in [0.2, 0.25) is 5.02 Å². The zero-order chi connectivity index (χ0) is 13.2. The number of piperidine rings is 2. The van der Waals surface area contributed by atoms with Gasteiger partial charge in [0, 0.05) is 24.0 Å². The highest BCUT2D eigenvalue weighted by molar-refractivity contribution is 6.31. The van der Waals surface area contributed by atoms with E-state index in [9.17, 15) is 4.79 Å². The third kappa shape index (κ3) is 2.63. The van der Waals surface area contributed by atoms with Crippen LogP contribution in [0, 0.1) is 5.92 Å². The molecule has 2 unspecified atom stereocenters. The highest BCUT2D eigenvalue weighted by Crippen LogP contribution is 2.30. The molecule has 2 atom stereocenters. The average molecular weight is 279 g/mol. The topological polar surface area (TPSA) is 32.3 Å². The highest BCUT2D eigenvalue weighted by atomic mass is 35.5. The summed E-state index contributed by atoms with van der Waals surface area (Å²) in [7, 11) is 0. The molecule has 0 bridgehead atoms. The lowest BCUT2D eigenvalue weighted by Gasteiger charge is -2.44. The first-order valence-corrected chi connectivity index (χ1v) is 7.37. The van der Waals surface area contributed by atoms with Gasteiger partial charge < -0.3 is 10.2 Å². The van der Waals surface area contributed by atoms with Gasteiger partial charge in [0.2, 0.25) is 5.91 Å². The Morgan fingerprint density at radius 1 is 1.32 bits per heavy atom.